The molecule has 1 aromatic carbocycles. The minimum absolute atomic E-state index is 0.107. The van der Waals surface area contributed by atoms with Crippen LogP contribution in [0, 0.1) is 5.92 Å². The molecule has 84 valence electrons. The van der Waals surface area contributed by atoms with Crippen molar-refractivity contribution in [1.29, 1.82) is 0 Å². The van der Waals surface area contributed by atoms with Gasteiger partial charge in [0.1, 0.15) is 6.04 Å². The summed E-state index contributed by atoms with van der Waals surface area (Å²) in [5.41, 5.74) is 8.83. The second kappa shape index (κ2) is 3.57. The molecule has 1 aliphatic carbocycles. The molecule has 1 aromatic rings. The van der Waals surface area contributed by atoms with E-state index in [2.05, 4.69) is 33.4 Å². The van der Waals surface area contributed by atoms with Gasteiger partial charge in [0.2, 0.25) is 5.91 Å². The zero-order chi connectivity index (χ0) is 11.3. The van der Waals surface area contributed by atoms with Crippen LogP contribution in [0.2, 0.25) is 0 Å². The molecule has 3 rings (SSSR count). The quantitative estimate of drug-likeness (QED) is 0.818. The van der Waals surface area contributed by atoms with E-state index in [0.717, 1.165) is 17.2 Å². The number of hydrogen-bond acceptors (Lipinski definition) is 2. The number of amides is 1. The number of carbonyl (C=O) groups excluding carboxylic acids is 1. The van der Waals surface area contributed by atoms with Crippen LogP contribution in [0.25, 0.3) is 0 Å². The summed E-state index contributed by atoms with van der Waals surface area (Å²) in [6.45, 7) is 0. The number of halogens is 1. The van der Waals surface area contributed by atoms with Gasteiger partial charge in [-0.05, 0) is 30.4 Å². The molecule has 2 aliphatic rings. The number of benzene rings is 1. The Kier molecular flexibility index (Phi) is 2.30. The fourth-order valence-electron chi connectivity index (χ4n) is 2.14. The third kappa shape index (κ3) is 1.57. The van der Waals surface area contributed by atoms with Crippen LogP contribution in [0.1, 0.15) is 34.8 Å². The number of nitrogens with one attached hydrogen (secondary N) is 1. The van der Waals surface area contributed by atoms with Gasteiger partial charge in [0.05, 0.1) is 0 Å². The maximum absolute atomic E-state index is 11.4. The van der Waals surface area contributed by atoms with Crippen molar-refractivity contribution in [3.05, 3.63) is 29.3 Å². The van der Waals surface area contributed by atoms with Crippen LogP contribution in [0.4, 0.5) is 5.69 Å². The summed E-state index contributed by atoms with van der Waals surface area (Å²) < 4.78 is 0. The maximum Gasteiger partial charge on any atom is 0.245 e. The zero-order valence-corrected chi connectivity index (χ0v) is 10.3. The number of hydrogen-bond donors (Lipinski definition) is 2. The van der Waals surface area contributed by atoms with Gasteiger partial charge in [0.25, 0.3) is 0 Å². The highest BCUT2D eigenvalue weighted by molar-refractivity contribution is 9.09. The van der Waals surface area contributed by atoms with Crippen molar-refractivity contribution in [2.45, 2.75) is 23.7 Å². The first kappa shape index (κ1) is 10.3. The van der Waals surface area contributed by atoms with Gasteiger partial charge in [-0.1, -0.05) is 28.1 Å². The molecule has 16 heavy (non-hydrogen) atoms. The van der Waals surface area contributed by atoms with Gasteiger partial charge in [0.15, 0.2) is 0 Å². The van der Waals surface area contributed by atoms with Crippen molar-refractivity contribution in [2.24, 2.45) is 11.7 Å². The molecule has 1 saturated carbocycles. The molecule has 0 bridgehead atoms. The molecule has 1 amide bonds. The first-order valence-corrected chi connectivity index (χ1v) is 6.43. The Hall–Kier alpha value is -0.870. The van der Waals surface area contributed by atoms with Crippen LogP contribution in [-0.4, -0.2) is 5.91 Å². The smallest absolute Gasteiger partial charge is 0.245 e. The van der Waals surface area contributed by atoms with Crippen LogP contribution in [0.5, 0.6) is 0 Å². The number of anilines is 1. The molecule has 0 radical (unpaired) electrons. The van der Waals surface area contributed by atoms with Crippen molar-refractivity contribution < 1.29 is 4.79 Å². The molecule has 3 nitrogen and oxygen atoms in total. The predicted octanol–water partition coefficient (Wildman–Crippen LogP) is 2.48. The zero-order valence-electron chi connectivity index (χ0n) is 8.74. The standard InChI is InChI=1S/C12H13BrN2O/c13-10(6-1-2-6)7-3-4-9-8(5-7)11(14)12(16)15-9/h3-6,10-11H,1-2,14H2,(H,15,16). The maximum atomic E-state index is 11.4. The molecule has 3 N–H and O–H groups in total. The molecule has 0 spiro atoms. The summed E-state index contributed by atoms with van der Waals surface area (Å²) in [7, 11) is 0. The first-order chi connectivity index (χ1) is 7.66. The van der Waals surface area contributed by atoms with E-state index < -0.39 is 6.04 Å². The molecular formula is C12H13BrN2O. The second-order valence-corrected chi connectivity index (χ2v) is 5.54. The number of rotatable bonds is 2. The van der Waals surface area contributed by atoms with E-state index in [-0.39, 0.29) is 5.91 Å². The van der Waals surface area contributed by atoms with E-state index in [1.165, 1.54) is 18.4 Å². The second-order valence-electron chi connectivity index (χ2n) is 4.55. The lowest BCUT2D eigenvalue weighted by atomic mass is 10.0. The van der Waals surface area contributed by atoms with Gasteiger partial charge in [-0.25, -0.2) is 0 Å². The highest BCUT2D eigenvalue weighted by Crippen LogP contribution is 2.47. The number of alkyl halides is 1. The van der Waals surface area contributed by atoms with E-state index in [1.54, 1.807) is 0 Å². The Morgan fingerprint density at radius 1 is 1.44 bits per heavy atom. The minimum atomic E-state index is -0.506. The fourth-order valence-corrected chi connectivity index (χ4v) is 2.95. The Bertz CT molecular complexity index is 456. The van der Waals surface area contributed by atoms with E-state index >= 15 is 0 Å². The lowest BCUT2D eigenvalue weighted by Gasteiger charge is -2.11. The molecule has 4 heteroatoms. The average Bonchev–Trinajstić information content (AvgIpc) is 3.07. The molecule has 1 heterocycles. The summed E-state index contributed by atoms with van der Waals surface area (Å²) >= 11 is 3.71. The van der Waals surface area contributed by atoms with Crippen molar-refractivity contribution >= 4 is 27.5 Å². The third-order valence-corrected chi connectivity index (χ3v) is 4.58. The average molecular weight is 281 g/mol. The number of nitrogens with two attached hydrogens (primary N) is 1. The molecular weight excluding hydrogens is 268 g/mol. The van der Waals surface area contributed by atoms with Gasteiger partial charge in [0, 0.05) is 16.1 Å². The minimum Gasteiger partial charge on any atom is -0.324 e. The van der Waals surface area contributed by atoms with Crippen LogP contribution in [0.3, 0.4) is 0 Å². The van der Waals surface area contributed by atoms with E-state index in [4.69, 9.17) is 5.73 Å². The highest BCUT2D eigenvalue weighted by Gasteiger charge is 2.32. The third-order valence-electron chi connectivity index (χ3n) is 3.31. The molecule has 2 atom stereocenters. The molecule has 0 saturated heterocycles. The highest BCUT2D eigenvalue weighted by atomic mass is 79.9. The van der Waals surface area contributed by atoms with Crippen LogP contribution in [0.15, 0.2) is 18.2 Å². The Labute approximate surface area is 103 Å². The van der Waals surface area contributed by atoms with E-state index in [1.807, 2.05) is 6.07 Å². The topological polar surface area (TPSA) is 55.1 Å². The van der Waals surface area contributed by atoms with Crippen molar-refractivity contribution in [2.75, 3.05) is 5.32 Å². The Morgan fingerprint density at radius 3 is 2.88 bits per heavy atom. The van der Waals surface area contributed by atoms with Crippen molar-refractivity contribution in [3.63, 3.8) is 0 Å². The lowest BCUT2D eigenvalue weighted by Crippen LogP contribution is -2.19. The molecule has 0 aromatic heterocycles. The molecule has 2 unspecified atom stereocenters. The summed E-state index contributed by atoms with van der Waals surface area (Å²) in [5.74, 6) is 0.643. The van der Waals surface area contributed by atoms with Gasteiger partial charge < -0.3 is 11.1 Å². The largest absolute Gasteiger partial charge is 0.324 e. The predicted molar refractivity (Wildman–Crippen MR) is 66.4 cm³/mol. The lowest BCUT2D eigenvalue weighted by molar-refractivity contribution is -0.116. The fraction of sp³-hybridized carbons (Fsp3) is 0.417. The van der Waals surface area contributed by atoms with Crippen molar-refractivity contribution in [3.8, 4) is 0 Å². The number of carbonyl (C=O) groups is 1. The summed E-state index contributed by atoms with van der Waals surface area (Å²) in [6, 6.07) is 5.56. The number of fused-ring (bicyclic) bond motifs is 1. The summed E-state index contributed by atoms with van der Waals surface area (Å²) in [5, 5.41) is 2.78. The van der Waals surface area contributed by atoms with E-state index in [0.29, 0.717) is 4.83 Å². The van der Waals surface area contributed by atoms with Gasteiger partial charge in [-0.3, -0.25) is 4.79 Å². The van der Waals surface area contributed by atoms with Crippen LogP contribution >= 0.6 is 15.9 Å². The van der Waals surface area contributed by atoms with Crippen LogP contribution < -0.4 is 11.1 Å². The normalized spacial score (nSPS) is 25.1. The van der Waals surface area contributed by atoms with Gasteiger partial charge in [-0.15, -0.1) is 0 Å². The van der Waals surface area contributed by atoms with Gasteiger partial charge >= 0.3 is 0 Å². The molecule has 1 fully saturated rings. The van der Waals surface area contributed by atoms with E-state index in [9.17, 15) is 4.79 Å². The Balaban J connectivity index is 1.96. The monoisotopic (exact) mass is 280 g/mol. The Morgan fingerprint density at radius 2 is 2.19 bits per heavy atom. The summed E-state index contributed by atoms with van der Waals surface area (Å²) in [6.07, 6.45) is 2.58. The molecule has 1 aliphatic heterocycles. The van der Waals surface area contributed by atoms with Gasteiger partial charge in [-0.2, -0.15) is 0 Å². The first-order valence-electron chi connectivity index (χ1n) is 5.51. The summed E-state index contributed by atoms with van der Waals surface area (Å²) in [4.78, 5) is 11.8. The van der Waals surface area contributed by atoms with Crippen molar-refractivity contribution in [1.82, 2.24) is 0 Å². The van der Waals surface area contributed by atoms with Crippen LogP contribution in [-0.2, 0) is 4.79 Å². The SMILES string of the molecule is NC1C(=O)Nc2ccc(C(Br)C3CC3)cc21.